The highest BCUT2D eigenvalue weighted by molar-refractivity contribution is 7.47. The van der Waals surface area contributed by atoms with Gasteiger partial charge >= 0.3 is 39.5 Å². The van der Waals surface area contributed by atoms with Gasteiger partial charge in [0.05, 0.1) is 26.4 Å². The molecule has 0 saturated carbocycles. The molecular formula is C74H144O17P2. The van der Waals surface area contributed by atoms with Crippen molar-refractivity contribution in [2.45, 2.75) is 400 Å². The number of phosphoric acid groups is 2. The first kappa shape index (κ1) is 91.1. The van der Waals surface area contributed by atoms with Crippen LogP contribution in [-0.2, 0) is 65.4 Å². The van der Waals surface area contributed by atoms with Gasteiger partial charge in [-0.2, -0.15) is 0 Å². The topological polar surface area (TPSA) is 237 Å². The Morgan fingerprint density at radius 1 is 0.290 bits per heavy atom. The molecule has 17 nitrogen and oxygen atoms in total. The van der Waals surface area contributed by atoms with E-state index in [1.807, 2.05) is 0 Å². The fourth-order valence-electron chi connectivity index (χ4n) is 11.3. The molecule has 0 aliphatic rings. The molecule has 3 N–H and O–H groups in total. The maximum Gasteiger partial charge on any atom is 0.472 e. The number of unbranched alkanes of at least 4 members (excludes halogenated alkanes) is 43. The zero-order valence-corrected chi connectivity index (χ0v) is 62.3. The number of hydrogen-bond acceptors (Lipinski definition) is 15. The Balaban J connectivity index is 5.17. The van der Waals surface area contributed by atoms with Crippen LogP contribution < -0.4 is 0 Å². The number of aliphatic hydroxyl groups is 1. The van der Waals surface area contributed by atoms with Crippen LogP contribution >= 0.6 is 15.6 Å². The van der Waals surface area contributed by atoms with E-state index in [0.29, 0.717) is 31.6 Å². The first-order chi connectivity index (χ1) is 44.9. The number of ether oxygens (including phenoxy) is 4. The standard InChI is InChI=1S/C74H144O17P2/c1-7-9-11-13-15-17-18-19-27-30-34-38-45-51-57-72(77)85-62-69(90-73(78)58-52-46-39-35-31-28-25-23-21-20-22-24-26-29-33-36-42-48-54-66(3)4)64-88-92(80,81)86-60-68(75)61-87-93(82,83)89-65-70(91-74(79)59-53-47-41-40-43-49-55-67(5)6)63-84-71(76)56-50-44-37-32-16-14-12-10-8-2/h66-70,75H,7-65H2,1-6H3,(H,80,81)(H,82,83)/t68-,69-,70-/m1/s1. The molecule has 5 atom stereocenters. The van der Waals surface area contributed by atoms with E-state index in [2.05, 4.69) is 41.5 Å². The number of phosphoric ester groups is 2. The number of rotatable bonds is 73. The summed E-state index contributed by atoms with van der Waals surface area (Å²) in [6, 6.07) is 0. The zero-order chi connectivity index (χ0) is 68.6. The van der Waals surface area contributed by atoms with Gasteiger partial charge in [-0.15, -0.1) is 0 Å². The fraction of sp³-hybridized carbons (Fsp3) is 0.946. The summed E-state index contributed by atoms with van der Waals surface area (Å²) in [5.41, 5.74) is 0. The number of hydrogen-bond donors (Lipinski definition) is 3. The minimum atomic E-state index is -4.95. The number of esters is 4. The van der Waals surface area contributed by atoms with E-state index in [1.165, 1.54) is 199 Å². The Labute approximate surface area is 568 Å². The lowest BCUT2D eigenvalue weighted by atomic mass is 10.0. The second-order valence-electron chi connectivity index (χ2n) is 27.6. The maximum atomic E-state index is 13.1. The predicted octanol–water partition coefficient (Wildman–Crippen LogP) is 21.6. The lowest BCUT2D eigenvalue weighted by molar-refractivity contribution is -0.161. The van der Waals surface area contributed by atoms with E-state index < -0.39 is 97.5 Å². The second kappa shape index (κ2) is 66.0. The van der Waals surface area contributed by atoms with Gasteiger partial charge in [-0.1, -0.05) is 330 Å². The molecule has 0 aliphatic heterocycles. The van der Waals surface area contributed by atoms with Crippen LogP contribution in [0.5, 0.6) is 0 Å². The third-order valence-electron chi connectivity index (χ3n) is 17.2. The van der Waals surface area contributed by atoms with Crippen molar-refractivity contribution in [2.24, 2.45) is 11.8 Å². The lowest BCUT2D eigenvalue weighted by Gasteiger charge is -2.21. The van der Waals surface area contributed by atoms with Crippen molar-refractivity contribution in [3.8, 4) is 0 Å². The average Bonchev–Trinajstić information content (AvgIpc) is 1.39. The van der Waals surface area contributed by atoms with Crippen LogP contribution in [0.1, 0.15) is 382 Å². The molecule has 0 radical (unpaired) electrons. The van der Waals surface area contributed by atoms with Crippen LogP contribution in [0.3, 0.4) is 0 Å². The minimum absolute atomic E-state index is 0.102. The van der Waals surface area contributed by atoms with Crippen LogP contribution in [0.25, 0.3) is 0 Å². The summed E-state index contributed by atoms with van der Waals surface area (Å²) in [6.07, 6.45) is 53.0. The molecule has 0 aromatic heterocycles. The zero-order valence-electron chi connectivity index (χ0n) is 60.6. The van der Waals surface area contributed by atoms with Crippen molar-refractivity contribution < 1.29 is 80.2 Å². The summed E-state index contributed by atoms with van der Waals surface area (Å²) >= 11 is 0. The Morgan fingerprint density at radius 2 is 0.495 bits per heavy atom. The summed E-state index contributed by atoms with van der Waals surface area (Å²) in [5.74, 6) is -0.634. The maximum absolute atomic E-state index is 13.1. The molecule has 0 aromatic carbocycles. The molecule has 93 heavy (non-hydrogen) atoms. The molecule has 0 aliphatic carbocycles. The van der Waals surface area contributed by atoms with Gasteiger partial charge in [0.2, 0.25) is 0 Å². The molecule has 0 amide bonds. The summed E-state index contributed by atoms with van der Waals surface area (Å²) in [4.78, 5) is 72.6. The summed E-state index contributed by atoms with van der Waals surface area (Å²) in [5, 5.41) is 10.6. The molecular weight excluding hydrogens is 1220 g/mol. The Kier molecular flexibility index (Phi) is 64.6. The van der Waals surface area contributed by atoms with E-state index in [-0.39, 0.29) is 25.7 Å². The van der Waals surface area contributed by atoms with Crippen molar-refractivity contribution >= 4 is 39.5 Å². The Morgan fingerprint density at radius 3 is 0.731 bits per heavy atom. The lowest BCUT2D eigenvalue weighted by Crippen LogP contribution is -2.30. The van der Waals surface area contributed by atoms with Crippen LogP contribution in [0.4, 0.5) is 0 Å². The highest BCUT2D eigenvalue weighted by Crippen LogP contribution is 2.45. The molecule has 0 saturated heterocycles. The molecule has 0 rings (SSSR count). The SMILES string of the molecule is CCCCCCCCCCCCCCCCC(=O)OC[C@H](COP(=O)(O)OC[C@@H](O)COP(=O)(O)OC[C@@H](COC(=O)CCCCCCCCCCC)OC(=O)CCCCCCCCC(C)C)OC(=O)CCCCCCCCCCCCCCCCCCCCC(C)C. The van der Waals surface area contributed by atoms with Gasteiger partial charge < -0.3 is 33.8 Å². The van der Waals surface area contributed by atoms with Crippen LogP contribution in [-0.4, -0.2) is 96.7 Å². The minimum Gasteiger partial charge on any atom is -0.462 e. The van der Waals surface area contributed by atoms with E-state index in [9.17, 15) is 43.2 Å². The molecule has 2 unspecified atom stereocenters. The van der Waals surface area contributed by atoms with Crippen LogP contribution in [0.2, 0.25) is 0 Å². The number of aliphatic hydroxyl groups excluding tert-OH is 1. The van der Waals surface area contributed by atoms with E-state index >= 15 is 0 Å². The third kappa shape index (κ3) is 68.4. The summed E-state index contributed by atoms with van der Waals surface area (Å²) in [6.45, 7) is 9.51. The van der Waals surface area contributed by atoms with E-state index in [1.54, 1.807) is 0 Å². The Hall–Kier alpha value is -1.94. The quantitative estimate of drug-likeness (QED) is 0.0222. The molecule has 0 spiro atoms. The third-order valence-corrected chi connectivity index (χ3v) is 19.1. The van der Waals surface area contributed by atoms with Crippen LogP contribution in [0.15, 0.2) is 0 Å². The smallest absolute Gasteiger partial charge is 0.462 e. The van der Waals surface area contributed by atoms with E-state index in [0.717, 1.165) is 95.8 Å². The number of carbonyl (C=O) groups excluding carboxylic acids is 4. The largest absolute Gasteiger partial charge is 0.472 e. The van der Waals surface area contributed by atoms with Crippen molar-refractivity contribution in [3.63, 3.8) is 0 Å². The summed E-state index contributed by atoms with van der Waals surface area (Å²) in [7, 11) is -9.90. The Bertz CT molecular complexity index is 1800. The molecule has 0 heterocycles. The van der Waals surface area contributed by atoms with Gasteiger partial charge in [-0.3, -0.25) is 37.3 Å². The second-order valence-corrected chi connectivity index (χ2v) is 30.5. The van der Waals surface area contributed by atoms with Crippen molar-refractivity contribution in [1.29, 1.82) is 0 Å². The molecule has 0 fully saturated rings. The van der Waals surface area contributed by atoms with Crippen molar-refractivity contribution in [3.05, 3.63) is 0 Å². The van der Waals surface area contributed by atoms with Crippen molar-refractivity contribution in [1.82, 2.24) is 0 Å². The molecule has 0 bridgehead atoms. The van der Waals surface area contributed by atoms with E-state index in [4.69, 9.17) is 37.0 Å². The van der Waals surface area contributed by atoms with Gasteiger partial charge in [-0.25, -0.2) is 9.13 Å². The number of carbonyl (C=O) groups is 4. The van der Waals surface area contributed by atoms with Gasteiger partial charge in [-0.05, 0) is 37.5 Å². The highest BCUT2D eigenvalue weighted by Gasteiger charge is 2.30. The average molecular weight is 1370 g/mol. The van der Waals surface area contributed by atoms with Crippen molar-refractivity contribution in [2.75, 3.05) is 39.6 Å². The van der Waals surface area contributed by atoms with Gasteiger partial charge in [0, 0.05) is 25.7 Å². The predicted molar refractivity (Wildman–Crippen MR) is 377 cm³/mol. The highest BCUT2D eigenvalue weighted by atomic mass is 31.2. The first-order valence-corrected chi connectivity index (χ1v) is 41.5. The fourth-order valence-corrected chi connectivity index (χ4v) is 12.9. The van der Waals surface area contributed by atoms with Crippen LogP contribution in [0, 0.1) is 11.8 Å². The normalized spacial score (nSPS) is 14.1. The molecule has 19 heteroatoms. The van der Waals surface area contributed by atoms with Gasteiger partial charge in [0.15, 0.2) is 12.2 Å². The summed E-state index contributed by atoms with van der Waals surface area (Å²) < 4.78 is 68.3. The van der Waals surface area contributed by atoms with Gasteiger partial charge in [0.1, 0.15) is 19.3 Å². The monoisotopic (exact) mass is 1370 g/mol. The van der Waals surface area contributed by atoms with Gasteiger partial charge in [0.25, 0.3) is 0 Å². The first-order valence-electron chi connectivity index (χ1n) is 38.5. The molecule has 0 aromatic rings. The molecule has 552 valence electrons.